The zero-order valence-corrected chi connectivity index (χ0v) is 14.3. The predicted molar refractivity (Wildman–Crippen MR) is 93.4 cm³/mol. The molecule has 2 aromatic rings. The van der Waals surface area contributed by atoms with Crippen molar-refractivity contribution in [1.82, 2.24) is 0 Å². The van der Waals surface area contributed by atoms with Crippen LogP contribution >= 0.6 is 0 Å². The summed E-state index contributed by atoms with van der Waals surface area (Å²) in [5, 5.41) is 2.63. The van der Waals surface area contributed by atoms with E-state index in [1.165, 1.54) is 0 Å². The molecule has 1 aliphatic rings. The molecule has 1 amide bonds. The van der Waals surface area contributed by atoms with Gasteiger partial charge in [0.15, 0.2) is 18.1 Å². The normalized spacial score (nSPS) is 11.7. The Morgan fingerprint density at radius 2 is 1.92 bits per heavy atom. The lowest BCUT2D eigenvalue weighted by Crippen LogP contribution is -2.21. The van der Waals surface area contributed by atoms with Crippen molar-refractivity contribution in [2.45, 2.75) is 13.3 Å². The summed E-state index contributed by atoms with van der Waals surface area (Å²) >= 11 is 0. The average molecular weight is 357 g/mol. The Morgan fingerprint density at radius 3 is 2.77 bits per heavy atom. The number of aryl methyl sites for hydroxylation is 1. The van der Waals surface area contributed by atoms with Gasteiger partial charge >= 0.3 is 5.97 Å². The van der Waals surface area contributed by atoms with Crippen LogP contribution in [0.25, 0.3) is 0 Å². The molecule has 0 radical (unpaired) electrons. The van der Waals surface area contributed by atoms with Gasteiger partial charge < -0.3 is 24.3 Å². The summed E-state index contributed by atoms with van der Waals surface area (Å²) in [6, 6.07) is 12.6. The van der Waals surface area contributed by atoms with Gasteiger partial charge in [0.2, 0.25) is 6.79 Å². The van der Waals surface area contributed by atoms with Gasteiger partial charge in [0.25, 0.3) is 5.91 Å². The number of para-hydroxylation sites is 1. The number of carbonyl (C=O) groups is 2. The molecule has 7 nitrogen and oxygen atoms in total. The van der Waals surface area contributed by atoms with Crippen LogP contribution in [0.4, 0.5) is 5.69 Å². The molecule has 7 heteroatoms. The van der Waals surface area contributed by atoms with E-state index >= 15 is 0 Å². The number of amides is 1. The summed E-state index contributed by atoms with van der Waals surface area (Å²) in [6.07, 6.45) is 0.0611. The summed E-state index contributed by atoms with van der Waals surface area (Å²) in [5.41, 5.74) is 1.53. The third-order valence-electron chi connectivity index (χ3n) is 3.68. The van der Waals surface area contributed by atoms with E-state index in [4.69, 9.17) is 18.9 Å². The Balaban J connectivity index is 1.37. The molecule has 1 N–H and O–H groups in total. The van der Waals surface area contributed by atoms with E-state index in [1.807, 2.05) is 31.2 Å². The van der Waals surface area contributed by atoms with Crippen LogP contribution in [-0.4, -0.2) is 31.9 Å². The van der Waals surface area contributed by atoms with E-state index in [-0.39, 0.29) is 26.4 Å². The van der Waals surface area contributed by atoms with Gasteiger partial charge in [-0.05, 0) is 30.7 Å². The van der Waals surface area contributed by atoms with Crippen molar-refractivity contribution in [3.63, 3.8) is 0 Å². The topological polar surface area (TPSA) is 83.1 Å². The first kappa shape index (κ1) is 17.6. The van der Waals surface area contributed by atoms with Crippen LogP contribution in [0.5, 0.6) is 17.2 Å². The Hall–Kier alpha value is -3.22. The molecule has 2 aromatic carbocycles. The fourth-order valence-electron chi connectivity index (χ4n) is 2.35. The molecule has 0 saturated heterocycles. The minimum atomic E-state index is -0.501. The molecule has 0 aromatic heterocycles. The highest BCUT2D eigenvalue weighted by Gasteiger charge is 2.14. The number of carbonyl (C=O) groups excluding carboxylic acids is 2. The maximum atomic E-state index is 11.9. The van der Waals surface area contributed by atoms with Crippen LogP contribution < -0.4 is 19.5 Å². The van der Waals surface area contributed by atoms with Crippen LogP contribution in [0.3, 0.4) is 0 Å². The minimum Gasteiger partial charge on any atom is -0.493 e. The molecule has 1 aliphatic heterocycles. The van der Waals surface area contributed by atoms with Gasteiger partial charge in [-0.1, -0.05) is 18.2 Å². The smallest absolute Gasteiger partial charge is 0.309 e. The molecular formula is C19H19NO6. The first-order valence-electron chi connectivity index (χ1n) is 8.15. The lowest BCUT2D eigenvalue weighted by molar-refractivity contribution is -0.147. The fraction of sp³-hybridized carbons (Fsp3) is 0.263. The molecule has 1 heterocycles. The molecule has 3 rings (SSSR count). The van der Waals surface area contributed by atoms with Crippen LogP contribution in [0.1, 0.15) is 12.0 Å². The van der Waals surface area contributed by atoms with Crippen molar-refractivity contribution in [2.24, 2.45) is 0 Å². The van der Waals surface area contributed by atoms with E-state index in [0.717, 1.165) is 11.3 Å². The molecule has 136 valence electrons. The zero-order chi connectivity index (χ0) is 18.4. The second kappa shape index (κ2) is 8.24. The van der Waals surface area contributed by atoms with Crippen molar-refractivity contribution in [3.05, 3.63) is 48.0 Å². The lowest BCUT2D eigenvalue weighted by Gasteiger charge is -2.09. The average Bonchev–Trinajstić information content (AvgIpc) is 3.09. The van der Waals surface area contributed by atoms with Crippen LogP contribution in [0.15, 0.2) is 42.5 Å². The highest BCUT2D eigenvalue weighted by Crippen LogP contribution is 2.34. The molecule has 0 spiro atoms. The van der Waals surface area contributed by atoms with Crippen LogP contribution in [0, 0.1) is 6.92 Å². The van der Waals surface area contributed by atoms with E-state index in [1.54, 1.807) is 18.2 Å². The maximum Gasteiger partial charge on any atom is 0.309 e. The van der Waals surface area contributed by atoms with Crippen molar-refractivity contribution in [2.75, 3.05) is 25.3 Å². The van der Waals surface area contributed by atoms with Gasteiger partial charge in [-0.3, -0.25) is 9.59 Å². The highest BCUT2D eigenvalue weighted by molar-refractivity contribution is 5.93. The second-order valence-corrected chi connectivity index (χ2v) is 5.64. The number of anilines is 1. The lowest BCUT2D eigenvalue weighted by atomic mass is 10.2. The van der Waals surface area contributed by atoms with Gasteiger partial charge in [0, 0.05) is 11.8 Å². The molecular weight excluding hydrogens is 338 g/mol. The van der Waals surface area contributed by atoms with Crippen LogP contribution in [-0.2, 0) is 14.3 Å². The quantitative estimate of drug-likeness (QED) is 0.767. The highest BCUT2D eigenvalue weighted by atomic mass is 16.7. The summed E-state index contributed by atoms with van der Waals surface area (Å²) in [4.78, 5) is 23.6. The standard InChI is InChI=1S/C19H19NO6/c1-13-4-2-3-5-15(13)23-9-8-19(22)24-11-18(21)20-14-6-7-16-17(10-14)26-12-25-16/h2-7,10H,8-9,11-12H2,1H3,(H,20,21). The molecule has 0 aliphatic carbocycles. The molecule has 0 bridgehead atoms. The van der Waals surface area contributed by atoms with Gasteiger partial charge in [-0.25, -0.2) is 0 Å². The van der Waals surface area contributed by atoms with Gasteiger partial charge in [-0.2, -0.15) is 0 Å². The molecule has 0 saturated carbocycles. The zero-order valence-electron chi connectivity index (χ0n) is 14.3. The van der Waals surface area contributed by atoms with Crippen LogP contribution in [0.2, 0.25) is 0 Å². The molecule has 0 atom stereocenters. The number of fused-ring (bicyclic) bond motifs is 1. The number of esters is 1. The number of hydrogen-bond donors (Lipinski definition) is 1. The van der Waals surface area contributed by atoms with Gasteiger partial charge in [0.05, 0.1) is 13.0 Å². The monoisotopic (exact) mass is 357 g/mol. The number of ether oxygens (including phenoxy) is 4. The Morgan fingerprint density at radius 1 is 1.12 bits per heavy atom. The first-order valence-corrected chi connectivity index (χ1v) is 8.15. The molecule has 26 heavy (non-hydrogen) atoms. The number of nitrogens with one attached hydrogen (secondary N) is 1. The summed E-state index contributed by atoms with van der Waals surface area (Å²) in [7, 11) is 0. The fourth-order valence-corrected chi connectivity index (χ4v) is 2.35. The third-order valence-corrected chi connectivity index (χ3v) is 3.68. The minimum absolute atomic E-state index is 0.0611. The number of rotatable bonds is 7. The largest absolute Gasteiger partial charge is 0.493 e. The van der Waals surface area contributed by atoms with Crippen molar-refractivity contribution in [3.8, 4) is 17.2 Å². The van der Waals surface area contributed by atoms with E-state index in [2.05, 4.69) is 5.32 Å². The number of hydrogen-bond acceptors (Lipinski definition) is 6. The van der Waals surface area contributed by atoms with Crippen molar-refractivity contribution >= 4 is 17.6 Å². The van der Waals surface area contributed by atoms with Gasteiger partial charge in [-0.15, -0.1) is 0 Å². The maximum absolute atomic E-state index is 11.9. The SMILES string of the molecule is Cc1ccccc1OCCC(=O)OCC(=O)Nc1ccc2c(c1)OCO2. The molecule has 0 unspecified atom stereocenters. The summed E-state index contributed by atoms with van der Waals surface area (Å²) < 4.78 is 20.9. The first-order chi connectivity index (χ1) is 12.6. The van der Waals surface area contributed by atoms with E-state index in [0.29, 0.717) is 17.2 Å². The van der Waals surface area contributed by atoms with Crippen molar-refractivity contribution in [1.29, 1.82) is 0 Å². The second-order valence-electron chi connectivity index (χ2n) is 5.64. The Bertz CT molecular complexity index is 804. The Kier molecular flexibility index (Phi) is 5.58. The predicted octanol–water partition coefficient (Wildman–Crippen LogP) is 2.67. The third kappa shape index (κ3) is 4.66. The van der Waals surface area contributed by atoms with E-state index < -0.39 is 11.9 Å². The van der Waals surface area contributed by atoms with Gasteiger partial charge in [0.1, 0.15) is 5.75 Å². The molecule has 0 fully saturated rings. The summed E-state index contributed by atoms with van der Waals surface area (Å²) in [5.74, 6) is 0.980. The Labute approximate surface area is 150 Å². The van der Waals surface area contributed by atoms with E-state index in [9.17, 15) is 9.59 Å². The number of benzene rings is 2. The van der Waals surface area contributed by atoms with Crippen molar-refractivity contribution < 1.29 is 28.5 Å². The summed E-state index contributed by atoms with van der Waals surface area (Å²) in [6.45, 7) is 1.91.